The zero-order valence-electron chi connectivity index (χ0n) is 13.0. The summed E-state index contributed by atoms with van der Waals surface area (Å²) in [6, 6.07) is -0.0757. The van der Waals surface area contributed by atoms with Gasteiger partial charge in [-0.2, -0.15) is 0 Å². The van der Waals surface area contributed by atoms with Crippen molar-refractivity contribution in [3.8, 4) is 0 Å². The van der Waals surface area contributed by atoms with Crippen LogP contribution in [0.15, 0.2) is 4.79 Å². The van der Waals surface area contributed by atoms with Crippen molar-refractivity contribution in [1.82, 2.24) is 9.47 Å². The molecular weight excluding hydrogens is 288 g/mol. The fourth-order valence-electron chi connectivity index (χ4n) is 2.97. The second kappa shape index (κ2) is 6.75. The van der Waals surface area contributed by atoms with Crippen molar-refractivity contribution < 1.29 is 9.90 Å². The number of likely N-dealkylation sites (tertiary alicyclic amines) is 1. The van der Waals surface area contributed by atoms with Gasteiger partial charge >= 0.3 is 4.87 Å². The Kier molecular flexibility index (Phi) is 5.22. The number of carbonyl (C=O) groups is 1. The zero-order chi connectivity index (χ0) is 15.6. The van der Waals surface area contributed by atoms with Gasteiger partial charge in [0.25, 0.3) is 0 Å². The van der Waals surface area contributed by atoms with E-state index in [0.29, 0.717) is 19.5 Å². The Hall–Kier alpha value is -1.14. The molecule has 0 radical (unpaired) electrons. The van der Waals surface area contributed by atoms with Crippen LogP contribution in [-0.2, 0) is 11.3 Å². The second-order valence-electron chi connectivity index (χ2n) is 5.80. The third-order valence-corrected chi connectivity index (χ3v) is 5.35. The molecule has 0 spiro atoms. The third-order valence-electron chi connectivity index (χ3n) is 4.35. The molecule has 1 saturated heterocycles. The van der Waals surface area contributed by atoms with Gasteiger partial charge in [0.05, 0.1) is 12.1 Å². The summed E-state index contributed by atoms with van der Waals surface area (Å²) in [5.41, 5.74) is 0.948. The molecule has 1 aromatic heterocycles. The number of hydrogen-bond acceptors (Lipinski definition) is 4. The first-order chi connectivity index (χ1) is 9.91. The number of amides is 1. The van der Waals surface area contributed by atoms with Gasteiger partial charge in [-0.1, -0.05) is 11.3 Å². The van der Waals surface area contributed by atoms with Gasteiger partial charge in [-0.05, 0) is 40.0 Å². The first-order valence-corrected chi connectivity index (χ1v) is 8.38. The van der Waals surface area contributed by atoms with Crippen LogP contribution in [0, 0.1) is 13.8 Å². The first-order valence-electron chi connectivity index (χ1n) is 7.56. The van der Waals surface area contributed by atoms with E-state index in [1.54, 1.807) is 16.4 Å². The summed E-state index contributed by atoms with van der Waals surface area (Å²) >= 11 is 1.23. The van der Waals surface area contributed by atoms with Crippen molar-refractivity contribution in [3.05, 3.63) is 20.2 Å². The van der Waals surface area contributed by atoms with Crippen LogP contribution in [0.3, 0.4) is 0 Å². The quantitative estimate of drug-likeness (QED) is 0.920. The summed E-state index contributed by atoms with van der Waals surface area (Å²) in [7, 11) is 0. The molecular formula is C15H24N2O3S. The molecule has 2 rings (SSSR count). The number of aliphatic hydroxyl groups excluding tert-OH is 1. The summed E-state index contributed by atoms with van der Waals surface area (Å²) in [6.45, 7) is 6.72. The van der Waals surface area contributed by atoms with Crippen LogP contribution in [-0.4, -0.2) is 39.2 Å². The molecule has 21 heavy (non-hydrogen) atoms. The molecule has 1 amide bonds. The number of piperidine rings is 1. The Morgan fingerprint density at radius 1 is 1.43 bits per heavy atom. The van der Waals surface area contributed by atoms with E-state index in [0.717, 1.165) is 29.8 Å². The normalized spacial score (nSPS) is 20.6. The summed E-state index contributed by atoms with van der Waals surface area (Å²) in [6.07, 6.45) is 2.73. The Morgan fingerprint density at radius 3 is 2.71 bits per heavy atom. The number of aliphatic hydroxyl groups is 1. The van der Waals surface area contributed by atoms with Crippen LogP contribution in [0.2, 0.25) is 0 Å². The van der Waals surface area contributed by atoms with Crippen LogP contribution in [0.1, 0.15) is 43.2 Å². The van der Waals surface area contributed by atoms with Gasteiger partial charge in [-0.15, -0.1) is 0 Å². The number of nitrogens with zero attached hydrogens (tertiary/aromatic N) is 2. The molecule has 1 fully saturated rings. The first kappa shape index (κ1) is 16.2. The standard InChI is InChI=1S/C15H24N2O3S/c1-10-12(3)21-15(20)16(10)9-7-14(19)17-8-5-4-6-13(17)11(2)18/h11,13,18H,4-9H2,1-3H3/t11-,13+/m0/s1. The fourth-order valence-corrected chi connectivity index (χ4v) is 3.82. The molecule has 1 N–H and O–H groups in total. The molecule has 1 aliphatic rings. The summed E-state index contributed by atoms with van der Waals surface area (Å²) in [5, 5.41) is 9.83. The fraction of sp³-hybridized carbons (Fsp3) is 0.733. The van der Waals surface area contributed by atoms with Crippen molar-refractivity contribution in [2.24, 2.45) is 0 Å². The summed E-state index contributed by atoms with van der Waals surface area (Å²) in [5.74, 6) is 0.0377. The van der Waals surface area contributed by atoms with Crippen molar-refractivity contribution in [2.75, 3.05) is 6.54 Å². The lowest BCUT2D eigenvalue weighted by Gasteiger charge is -2.37. The lowest BCUT2D eigenvalue weighted by atomic mass is 9.98. The average Bonchev–Trinajstić information content (AvgIpc) is 2.70. The number of aromatic nitrogens is 1. The van der Waals surface area contributed by atoms with E-state index < -0.39 is 6.10 Å². The number of carbonyl (C=O) groups excluding carboxylic acids is 1. The third kappa shape index (κ3) is 3.55. The van der Waals surface area contributed by atoms with Crippen LogP contribution in [0.25, 0.3) is 0 Å². The van der Waals surface area contributed by atoms with Crippen LogP contribution >= 0.6 is 11.3 Å². The highest BCUT2D eigenvalue weighted by Gasteiger charge is 2.29. The smallest absolute Gasteiger partial charge is 0.307 e. The predicted octanol–water partition coefficient (Wildman–Crippen LogP) is 1.68. The average molecular weight is 312 g/mol. The SMILES string of the molecule is Cc1sc(=O)n(CCC(=O)N2CCCC[C@@H]2[C@H](C)O)c1C. The highest BCUT2D eigenvalue weighted by molar-refractivity contribution is 7.09. The van der Waals surface area contributed by atoms with Gasteiger partial charge in [0.1, 0.15) is 0 Å². The molecule has 0 bridgehead atoms. The topological polar surface area (TPSA) is 62.5 Å². The monoisotopic (exact) mass is 312 g/mol. The van der Waals surface area contributed by atoms with Gasteiger partial charge < -0.3 is 14.6 Å². The van der Waals surface area contributed by atoms with Crippen molar-refractivity contribution >= 4 is 17.2 Å². The molecule has 1 aromatic rings. The Balaban J connectivity index is 2.02. The second-order valence-corrected chi connectivity index (χ2v) is 6.97. The predicted molar refractivity (Wildman–Crippen MR) is 83.7 cm³/mol. The molecule has 0 aliphatic carbocycles. The maximum absolute atomic E-state index is 12.4. The van der Waals surface area contributed by atoms with E-state index in [4.69, 9.17) is 0 Å². The van der Waals surface area contributed by atoms with E-state index in [2.05, 4.69) is 0 Å². The number of thiazole rings is 1. The highest BCUT2D eigenvalue weighted by Crippen LogP contribution is 2.21. The molecule has 1 aliphatic heterocycles. The maximum Gasteiger partial charge on any atom is 0.307 e. The summed E-state index contributed by atoms with van der Waals surface area (Å²) in [4.78, 5) is 27.1. The molecule has 118 valence electrons. The molecule has 0 unspecified atom stereocenters. The number of aryl methyl sites for hydroxylation is 1. The van der Waals surface area contributed by atoms with Crippen LogP contribution in [0.4, 0.5) is 0 Å². The number of hydrogen-bond donors (Lipinski definition) is 1. The summed E-state index contributed by atoms with van der Waals surface area (Å²) < 4.78 is 1.68. The van der Waals surface area contributed by atoms with Gasteiger partial charge in [0.15, 0.2) is 0 Å². The van der Waals surface area contributed by atoms with Gasteiger partial charge in [-0.25, -0.2) is 0 Å². The molecule has 0 aromatic carbocycles. The minimum Gasteiger partial charge on any atom is -0.391 e. The molecule has 0 saturated carbocycles. The van der Waals surface area contributed by atoms with E-state index >= 15 is 0 Å². The van der Waals surface area contributed by atoms with Crippen molar-refractivity contribution in [1.29, 1.82) is 0 Å². The molecule has 5 nitrogen and oxygen atoms in total. The highest BCUT2D eigenvalue weighted by atomic mass is 32.1. The minimum absolute atomic E-state index is 0.00326. The van der Waals surface area contributed by atoms with E-state index in [9.17, 15) is 14.7 Å². The Bertz CT molecular complexity index is 562. The van der Waals surface area contributed by atoms with Gasteiger partial charge in [-0.3, -0.25) is 9.59 Å². The number of rotatable bonds is 4. The van der Waals surface area contributed by atoms with Crippen molar-refractivity contribution in [2.45, 2.75) is 65.1 Å². The van der Waals surface area contributed by atoms with E-state index in [1.165, 1.54) is 11.3 Å². The van der Waals surface area contributed by atoms with E-state index in [1.807, 2.05) is 13.8 Å². The van der Waals surface area contributed by atoms with Gasteiger partial charge in [0, 0.05) is 30.1 Å². The van der Waals surface area contributed by atoms with Gasteiger partial charge in [0.2, 0.25) is 5.91 Å². The van der Waals surface area contributed by atoms with E-state index in [-0.39, 0.29) is 16.8 Å². The maximum atomic E-state index is 12.4. The molecule has 6 heteroatoms. The lowest BCUT2D eigenvalue weighted by molar-refractivity contribution is -0.137. The molecule has 2 atom stereocenters. The lowest BCUT2D eigenvalue weighted by Crippen LogP contribution is -2.49. The Labute approximate surface area is 129 Å². The molecule has 2 heterocycles. The minimum atomic E-state index is -0.498. The van der Waals surface area contributed by atoms with Crippen molar-refractivity contribution in [3.63, 3.8) is 0 Å². The van der Waals surface area contributed by atoms with Crippen LogP contribution in [0.5, 0.6) is 0 Å². The largest absolute Gasteiger partial charge is 0.391 e. The Morgan fingerprint density at radius 2 is 2.14 bits per heavy atom. The van der Waals surface area contributed by atoms with Crippen LogP contribution < -0.4 is 4.87 Å². The zero-order valence-corrected chi connectivity index (χ0v) is 13.8.